The van der Waals surface area contributed by atoms with Crippen LogP contribution < -0.4 is 10.6 Å². The van der Waals surface area contributed by atoms with E-state index in [2.05, 4.69) is 25.1 Å². The highest BCUT2D eigenvalue weighted by atomic mass is 35.5. The van der Waals surface area contributed by atoms with Crippen LogP contribution in [0.4, 0.5) is 22.0 Å². The molecule has 146 valence electrons. The van der Waals surface area contributed by atoms with Crippen molar-refractivity contribution in [3.05, 3.63) is 59.4 Å². The van der Waals surface area contributed by atoms with Gasteiger partial charge in [-0.25, -0.2) is 4.39 Å². The van der Waals surface area contributed by atoms with E-state index in [0.29, 0.717) is 18.1 Å². The van der Waals surface area contributed by atoms with Crippen molar-refractivity contribution in [3.63, 3.8) is 0 Å². The maximum absolute atomic E-state index is 13.3. The number of nitrogen functional groups attached to an aromatic ring is 1. The Morgan fingerprint density at radius 3 is 2.55 bits per heavy atom. The first kappa shape index (κ1) is 18.8. The van der Waals surface area contributed by atoms with Gasteiger partial charge in [-0.3, -0.25) is 0 Å². The first-order valence-corrected chi connectivity index (χ1v) is 9.06. The summed E-state index contributed by atoms with van der Waals surface area (Å²) in [5, 5.41) is 4.05. The molecule has 2 aromatic carbocycles. The first-order valence-electron chi connectivity index (χ1n) is 8.69. The Morgan fingerprint density at radius 2 is 1.83 bits per heavy atom. The second-order valence-corrected chi connectivity index (χ2v) is 6.35. The third-order valence-corrected chi connectivity index (χ3v) is 4.37. The number of halogens is 2. The molecule has 0 aliphatic carbocycles. The second-order valence-electron chi connectivity index (χ2n) is 5.94. The van der Waals surface area contributed by atoms with Crippen LogP contribution in [0.1, 0.15) is 6.92 Å². The molecule has 0 atom stereocenters. The summed E-state index contributed by atoms with van der Waals surface area (Å²) < 4.78 is 18.5. The largest absolute Gasteiger partial charge is 0.368 e. The fourth-order valence-electron chi connectivity index (χ4n) is 2.74. The Labute approximate surface area is 170 Å². The third kappa shape index (κ3) is 3.85. The van der Waals surface area contributed by atoms with Gasteiger partial charge in [-0.15, -0.1) is 0 Å². The van der Waals surface area contributed by atoms with Crippen LogP contribution in [-0.4, -0.2) is 31.6 Å². The highest BCUT2D eigenvalue weighted by Gasteiger charge is 2.19. The number of nitrogens with zero attached hydrogens (tertiary/aromatic N) is 6. The molecule has 0 saturated heterocycles. The summed E-state index contributed by atoms with van der Waals surface area (Å²) >= 11 is 6.06. The van der Waals surface area contributed by atoms with Gasteiger partial charge in [0.2, 0.25) is 23.5 Å². The number of benzene rings is 2. The summed E-state index contributed by atoms with van der Waals surface area (Å²) in [6, 6.07) is 13.5. The Hall–Kier alpha value is -3.59. The molecule has 4 rings (SSSR count). The minimum absolute atomic E-state index is 0.0190. The van der Waals surface area contributed by atoms with Gasteiger partial charge in [-0.05, 0) is 37.3 Å². The van der Waals surface area contributed by atoms with Crippen molar-refractivity contribution in [1.29, 1.82) is 0 Å². The average Bonchev–Trinajstić information content (AvgIpc) is 3.19. The van der Waals surface area contributed by atoms with E-state index in [4.69, 9.17) is 21.9 Å². The minimum atomic E-state index is -0.464. The van der Waals surface area contributed by atoms with Gasteiger partial charge in [0.25, 0.3) is 5.89 Å². The average molecular weight is 412 g/mol. The van der Waals surface area contributed by atoms with Crippen molar-refractivity contribution in [2.75, 3.05) is 17.2 Å². The van der Waals surface area contributed by atoms with Gasteiger partial charge in [0.05, 0.1) is 10.6 Å². The summed E-state index contributed by atoms with van der Waals surface area (Å²) in [5.41, 5.74) is 7.19. The molecular formula is C19H15ClFN7O. The van der Waals surface area contributed by atoms with E-state index in [-0.39, 0.29) is 28.5 Å². The van der Waals surface area contributed by atoms with Crippen molar-refractivity contribution in [2.24, 2.45) is 0 Å². The van der Waals surface area contributed by atoms with Crippen LogP contribution in [0.2, 0.25) is 5.02 Å². The van der Waals surface area contributed by atoms with E-state index in [1.54, 1.807) is 0 Å². The zero-order valence-corrected chi connectivity index (χ0v) is 16.0. The number of rotatable bonds is 5. The predicted molar refractivity (Wildman–Crippen MR) is 107 cm³/mol. The molecule has 2 N–H and O–H groups in total. The molecule has 0 bridgehead atoms. The van der Waals surface area contributed by atoms with Crippen LogP contribution >= 0.6 is 11.6 Å². The van der Waals surface area contributed by atoms with E-state index < -0.39 is 5.82 Å². The lowest BCUT2D eigenvalue weighted by Gasteiger charge is -2.20. The fourth-order valence-corrected chi connectivity index (χ4v) is 2.98. The Balaban J connectivity index is 1.72. The molecule has 29 heavy (non-hydrogen) atoms. The van der Waals surface area contributed by atoms with Gasteiger partial charge in [-0.1, -0.05) is 35.0 Å². The van der Waals surface area contributed by atoms with E-state index in [0.717, 1.165) is 5.69 Å². The Kier molecular flexibility index (Phi) is 5.05. The van der Waals surface area contributed by atoms with Crippen molar-refractivity contribution < 1.29 is 8.91 Å². The highest BCUT2D eigenvalue weighted by Crippen LogP contribution is 2.29. The Bertz CT molecular complexity index is 1150. The maximum atomic E-state index is 13.3. The lowest BCUT2D eigenvalue weighted by molar-refractivity contribution is 0.432. The summed E-state index contributed by atoms with van der Waals surface area (Å²) in [7, 11) is 0. The molecule has 0 fully saturated rings. The van der Waals surface area contributed by atoms with Crippen molar-refractivity contribution in [2.45, 2.75) is 6.92 Å². The van der Waals surface area contributed by atoms with Crippen molar-refractivity contribution in [1.82, 2.24) is 25.1 Å². The summed E-state index contributed by atoms with van der Waals surface area (Å²) in [4.78, 5) is 18.9. The quantitative estimate of drug-likeness (QED) is 0.522. The summed E-state index contributed by atoms with van der Waals surface area (Å²) in [6.07, 6.45) is 0. The second kappa shape index (κ2) is 7.80. The van der Waals surface area contributed by atoms with Gasteiger partial charge < -0.3 is 15.2 Å². The van der Waals surface area contributed by atoms with E-state index in [1.165, 1.54) is 18.2 Å². The fraction of sp³-hybridized carbons (Fsp3) is 0.105. The molecule has 8 nitrogen and oxygen atoms in total. The van der Waals surface area contributed by atoms with Crippen LogP contribution in [-0.2, 0) is 0 Å². The maximum Gasteiger partial charge on any atom is 0.259 e. The molecule has 10 heteroatoms. The zero-order valence-electron chi connectivity index (χ0n) is 15.3. The molecule has 0 spiro atoms. The first-order chi connectivity index (χ1) is 14.0. The molecular weight excluding hydrogens is 397 g/mol. The topological polar surface area (TPSA) is 107 Å². The van der Waals surface area contributed by atoms with Crippen LogP contribution in [0, 0.1) is 5.82 Å². The molecule has 0 amide bonds. The monoisotopic (exact) mass is 411 g/mol. The number of hydrogen-bond acceptors (Lipinski definition) is 8. The van der Waals surface area contributed by atoms with Gasteiger partial charge in [0, 0.05) is 12.2 Å². The lowest BCUT2D eigenvalue weighted by Crippen LogP contribution is -2.20. The normalized spacial score (nSPS) is 10.9. The zero-order chi connectivity index (χ0) is 20.4. The van der Waals surface area contributed by atoms with Crippen LogP contribution in [0.25, 0.3) is 23.1 Å². The molecule has 0 radical (unpaired) electrons. The number of hydrogen-bond donors (Lipinski definition) is 1. The van der Waals surface area contributed by atoms with Gasteiger partial charge in [0.15, 0.2) is 0 Å². The van der Waals surface area contributed by atoms with E-state index in [9.17, 15) is 4.39 Å². The number of anilines is 3. The summed E-state index contributed by atoms with van der Waals surface area (Å²) in [5.74, 6) is 0.280. The molecule has 0 aliphatic rings. The Morgan fingerprint density at radius 1 is 1.03 bits per heavy atom. The molecule has 2 heterocycles. The number of para-hydroxylation sites is 1. The van der Waals surface area contributed by atoms with Crippen LogP contribution in [0.3, 0.4) is 0 Å². The predicted octanol–water partition coefficient (Wildman–Crippen LogP) is 4.12. The smallest absolute Gasteiger partial charge is 0.259 e. The lowest BCUT2D eigenvalue weighted by atomic mass is 10.2. The van der Waals surface area contributed by atoms with E-state index >= 15 is 0 Å². The standard InChI is InChI=1S/C19H15ClFN7O/c1-2-28(12-6-4-3-5-7-12)19-25-15(24-18(22)26-19)16-23-17(29-27-16)13-9-8-11(21)10-14(13)20/h3-10H,2H2,1H3,(H2,22,24,25,26). The SMILES string of the molecule is CCN(c1ccccc1)c1nc(N)nc(-c2noc(-c3ccc(F)cc3Cl)n2)n1. The number of nitrogens with two attached hydrogens (primary N) is 1. The van der Waals surface area contributed by atoms with Gasteiger partial charge >= 0.3 is 0 Å². The molecule has 4 aromatic rings. The molecule has 0 unspecified atom stereocenters. The van der Waals surface area contributed by atoms with E-state index in [1.807, 2.05) is 42.2 Å². The van der Waals surface area contributed by atoms with Gasteiger partial charge in [-0.2, -0.15) is 19.9 Å². The van der Waals surface area contributed by atoms with Crippen molar-refractivity contribution >= 4 is 29.2 Å². The third-order valence-electron chi connectivity index (χ3n) is 4.05. The number of aromatic nitrogens is 5. The van der Waals surface area contributed by atoms with Gasteiger partial charge in [0.1, 0.15) is 5.82 Å². The minimum Gasteiger partial charge on any atom is -0.368 e. The van der Waals surface area contributed by atoms with Crippen LogP contribution in [0.5, 0.6) is 0 Å². The van der Waals surface area contributed by atoms with Crippen LogP contribution in [0.15, 0.2) is 53.1 Å². The molecule has 0 aliphatic heterocycles. The molecule has 2 aromatic heterocycles. The van der Waals surface area contributed by atoms with Crippen molar-refractivity contribution in [3.8, 4) is 23.1 Å². The summed E-state index contributed by atoms with van der Waals surface area (Å²) in [6.45, 7) is 2.57. The molecule has 0 saturated carbocycles. The highest BCUT2D eigenvalue weighted by molar-refractivity contribution is 6.33.